The van der Waals surface area contributed by atoms with Crippen LogP contribution in [0, 0.1) is 5.82 Å². The quantitative estimate of drug-likeness (QED) is 0.819. The fourth-order valence-corrected chi connectivity index (χ4v) is 3.93. The first kappa shape index (κ1) is 18.2. The highest BCUT2D eigenvalue weighted by Crippen LogP contribution is 2.19. The number of hydrogen-bond donors (Lipinski definition) is 0. The number of likely N-dealkylation sites (tertiary alicyclic amines) is 1. The van der Waals surface area contributed by atoms with Crippen molar-refractivity contribution in [3.63, 3.8) is 0 Å². The Morgan fingerprint density at radius 3 is 2.44 bits per heavy atom. The summed E-state index contributed by atoms with van der Waals surface area (Å²) in [5.74, 6) is 0.0782. The molecule has 25 heavy (non-hydrogen) atoms. The van der Waals surface area contributed by atoms with Crippen molar-refractivity contribution in [3.8, 4) is 0 Å². The minimum absolute atomic E-state index is 0.206. The fourth-order valence-electron chi connectivity index (χ4n) is 3.93. The molecule has 2 heterocycles. The van der Waals surface area contributed by atoms with Gasteiger partial charge < -0.3 is 14.7 Å². The molecule has 2 aliphatic rings. The van der Waals surface area contributed by atoms with Crippen molar-refractivity contribution in [1.29, 1.82) is 0 Å². The van der Waals surface area contributed by atoms with Crippen molar-refractivity contribution in [2.24, 2.45) is 0 Å². The van der Waals surface area contributed by atoms with E-state index in [0.717, 1.165) is 44.7 Å². The molecular weight excluding hydrogens is 317 g/mol. The average Bonchev–Trinajstić information content (AvgIpc) is 3.05. The van der Waals surface area contributed by atoms with Crippen molar-refractivity contribution in [2.45, 2.75) is 45.1 Å². The van der Waals surface area contributed by atoms with Gasteiger partial charge in [0, 0.05) is 44.3 Å². The zero-order chi connectivity index (χ0) is 17.6. The van der Waals surface area contributed by atoms with Crippen LogP contribution in [-0.4, -0.2) is 61.0 Å². The highest BCUT2D eigenvalue weighted by molar-refractivity contribution is 5.76. The molecule has 0 N–H and O–H groups in total. The van der Waals surface area contributed by atoms with Gasteiger partial charge in [0.2, 0.25) is 5.91 Å². The second-order valence-corrected chi connectivity index (χ2v) is 7.33. The topological polar surface area (TPSA) is 26.8 Å². The molecule has 0 aliphatic carbocycles. The lowest BCUT2D eigenvalue weighted by Crippen LogP contribution is -2.36. The van der Waals surface area contributed by atoms with Crippen LogP contribution >= 0.6 is 0 Å². The van der Waals surface area contributed by atoms with E-state index in [-0.39, 0.29) is 11.7 Å². The van der Waals surface area contributed by atoms with Crippen LogP contribution in [0.25, 0.3) is 0 Å². The molecule has 2 aliphatic heterocycles. The molecule has 0 bridgehead atoms. The van der Waals surface area contributed by atoms with Crippen molar-refractivity contribution >= 4 is 11.6 Å². The highest BCUT2D eigenvalue weighted by Gasteiger charge is 2.22. The Hall–Kier alpha value is -1.62. The van der Waals surface area contributed by atoms with Crippen LogP contribution in [0.3, 0.4) is 0 Å². The maximum atomic E-state index is 13.1. The normalized spacial score (nSPS) is 20.6. The van der Waals surface area contributed by atoms with Gasteiger partial charge in [-0.05, 0) is 70.0 Å². The molecule has 2 saturated heterocycles. The monoisotopic (exact) mass is 347 g/mol. The molecule has 0 spiro atoms. The number of carbonyl (C=O) groups excluding carboxylic acids is 1. The Kier molecular flexibility index (Phi) is 6.29. The summed E-state index contributed by atoms with van der Waals surface area (Å²) in [7, 11) is 0. The first-order chi connectivity index (χ1) is 12.1. The smallest absolute Gasteiger partial charge is 0.222 e. The van der Waals surface area contributed by atoms with E-state index < -0.39 is 0 Å². The largest absolute Gasteiger partial charge is 0.370 e. The van der Waals surface area contributed by atoms with Crippen molar-refractivity contribution in [2.75, 3.05) is 44.2 Å². The van der Waals surface area contributed by atoms with E-state index >= 15 is 0 Å². The van der Waals surface area contributed by atoms with Gasteiger partial charge in [0.1, 0.15) is 5.82 Å². The second-order valence-electron chi connectivity index (χ2n) is 7.33. The molecule has 0 saturated carbocycles. The van der Waals surface area contributed by atoms with Crippen LogP contribution < -0.4 is 4.90 Å². The molecule has 5 heteroatoms. The van der Waals surface area contributed by atoms with Gasteiger partial charge in [0.25, 0.3) is 0 Å². The van der Waals surface area contributed by atoms with E-state index in [2.05, 4.69) is 16.7 Å². The van der Waals surface area contributed by atoms with Gasteiger partial charge in [0.05, 0.1) is 0 Å². The minimum atomic E-state index is -0.206. The van der Waals surface area contributed by atoms with Crippen molar-refractivity contribution < 1.29 is 9.18 Å². The molecule has 0 radical (unpaired) electrons. The maximum absolute atomic E-state index is 13.1. The Morgan fingerprint density at radius 2 is 1.72 bits per heavy atom. The number of benzene rings is 1. The zero-order valence-corrected chi connectivity index (χ0v) is 15.3. The van der Waals surface area contributed by atoms with Crippen LogP contribution in [-0.2, 0) is 4.79 Å². The third-order valence-corrected chi connectivity index (χ3v) is 5.58. The Morgan fingerprint density at radius 1 is 1.00 bits per heavy atom. The van der Waals surface area contributed by atoms with Crippen LogP contribution in [0.15, 0.2) is 24.3 Å². The molecule has 1 atom stereocenters. The lowest BCUT2D eigenvalue weighted by Gasteiger charge is -2.26. The van der Waals surface area contributed by atoms with Gasteiger partial charge in [0.15, 0.2) is 0 Å². The number of hydrogen-bond acceptors (Lipinski definition) is 3. The molecule has 1 aromatic rings. The van der Waals surface area contributed by atoms with Gasteiger partial charge in [-0.15, -0.1) is 0 Å². The molecule has 2 fully saturated rings. The Balaban J connectivity index is 1.46. The number of halogens is 1. The van der Waals surface area contributed by atoms with Gasteiger partial charge in [-0.1, -0.05) is 0 Å². The molecule has 1 aromatic carbocycles. The van der Waals surface area contributed by atoms with E-state index in [4.69, 9.17) is 0 Å². The molecular formula is C20H30FN3O. The van der Waals surface area contributed by atoms with E-state index in [1.807, 2.05) is 17.0 Å². The Bertz CT molecular complexity index is 557. The summed E-state index contributed by atoms with van der Waals surface area (Å²) < 4.78 is 13.1. The molecule has 138 valence electrons. The number of nitrogens with zero attached hydrogens (tertiary/aromatic N) is 3. The summed E-state index contributed by atoms with van der Waals surface area (Å²) in [5.41, 5.74) is 1.04. The SMILES string of the molecule is C[C@H](CCC(=O)N1CCCN(c2ccc(F)cc2)CC1)N1CCCC1. The van der Waals surface area contributed by atoms with Gasteiger partial charge in [-0.3, -0.25) is 4.79 Å². The summed E-state index contributed by atoms with van der Waals surface area (Å²) in [4.78, 5) is 19.4. The zero-order valence-electron chi connectivity index (χ0n) is 15.3. The lowest BCUT2D eigenvalue weighted by molar-refractivity contribution is -0.131. The van der Waals surface area contributed by atoms with Crippen LogP contribution in [0.2, 0.25) is 0 Å². The van der Waals surface area contributed by atoms with Crippen LogP contribution in [0.4, 0.5) is 10.1 Å². The van der Waals surface area contributed by atoms with Crippen LogP contribution in [0.5, 0.6) is 0 Å². The second kappa shape index (κ2) is 8.65. The summed E-state index contributed by atoms with van der Waals surface area (Å²) in [5, 5.41) is 0. The number of anilines is 1. The van der Waals surface area contributed by atoms with E-state index in [1.54, 1.807) is 0 Å². The van der Waals surface area contributed by atoms with Crippen LogP contribution in [0.1, 0.15) is 39.0 Å². The number of amides is 1. The lowest BCUT2D eigenvalue weighted by atomic mass is 10.1. The maximum Gasteiger partial charge on any atom is 0.222 e. The van der Waals surface area contributed by atoms with Gasteiger partial charge >= 0.3 is 0 Å². The molecule has 4 nitrogen and oxygen atoms in total. The third-order valence-electron chi connectivity index (χ3n) is 5.58. The number of carbonyl (C=O) groups is 1. The average molecular weight is 347 g/mol. The summed E-state index contributed by atoms with van der Waals surface area (Å²) in [6.07, 6.45) is 5.16. The third kappa shape index (κ3) is 4.94. The van der Waals surface area contributed by atoms with E-state index in [9.17, 15) is 9.18 Å². The van der Waals surface area contributed by atoms with Crippen molar-refractivity contribution in [1.82, 2.24) is 9.80 Å². The molecule has 0 aromatic heterocycles. The predicted molar refractivity (Wildman–Crippen MR) is 99.3 cm³/mol. The van der Waals surface area contributed by atoms with E-state index in [0.29, 0.717) is 12.5 Å². The summed E-state index contributed by atoms with van der Waals surface area (Å²) in [6, 6.07) is 7.16. The fraction of sp³-hybridized carbons (Fsp3) is 0.650. The Labute approximate surface area is 150 Å². The molecule has 0 unspecified atom stereocenters. The van der Waals surface area contributed by atoms with Gasteiger partial charge in [-0.25, -0.2) is 4.39 Å². The molecule has 3 rings (SSSR count). The minimum Gasteiger partial charge on any atom is -0.370 e. The summed E-state index contributed by atoms with van der Waals surface area (Å²) >= 11 is 0. The molecule has 1 amide bonds. The first-order valence-corrected chi connectivity index (χ1v) is 9.66. The van der Waals surface area contributed by atoms with Crippen molar-refractivity contribution in [3.05, 3.63) is 30.1 Å². The first-order valence-electron chi connectivity index (χ1n) is 9.66. The standard InChI is InChI=1S/C20H30FN3O/c1-17(22-11-2-3-12-22)5-10-20(25)24-14-4-13-23(15-16-24)19-8-6-18(21)7-9-19/h6-9,17H,2-5,10-16H2,1H3/t17-/m1/s1. The highest BCUT2D eigenvalue weighted by atomic mass is 19.1. The van der Waals surface area contributed by atoms with E-state index in [1.165, 1.54) is 38.1 Å². The summed E-state index contributed by atoms with van der Waals surface area (Å²) in [6.45, 7) is 7.94. The number of rotatable bonds is 5. The predicted octanol–water partition coefficient (Wildman–Crippen LogP) is 3.13. The van der Waals surface area contributed by atoms with Gasteiger partial charge in [-0.2, -0.15) is 0 Å².